The molecule has 2 amide bonds. The molecule has 5 nitrogen and oxygen atoms in total. The second-order valence-electron chi connectivity index (χ2n) is 6.42. The Hall–Kier alpha value is -0.460. The molecule has 0 aromatic carbocycles. The van der Waals surface area contributed by atoms with Crippen molar-refractivity contribution in [3.05, 3.63) is 0 Å². The molecule has 6 heteroatoms. The molecule has 2 fully saturated rings. The van der Waals surface area contributed by atoms with Gasteiger partial charge in [-0.1, -0.05) is 12.8 Å². The predicted molar refractivity (Wildman–Crippen MR) is 90.0 cm³/mol. The van der Waals surface area contributed by atoms with Crippen molar-refractivity contribution < 1.29 is 4.79 Å². The number of amides is 2. The van der Waals surface area contributed by atoms with Crippen molar-refractivity contribution in [2.24, 2.45) is 0 Å². The summed E-state index contributed by atoms with van der Waals surface area (Å²) in [5, 5.41) is 6.83. The largest absolute Gasteiger partial charge is 0.337 e. The number of nitrogens with one attached hydrogen (secondary N) is 2. The monoisotopic (exact) mass is 314 g/mol. The summed E-state index contributed by atoms with van der Waals surface area (Å²) < 4.78 is 0. The summed E-state index contributed by atoms with van der Waals surface area (Å²) in [7, 11) is 4.29. The van der Waals surface area contributed by atoms with Gasteiger partial charge in [-0.25, -0.2) is 4.79 Å². The van der Waals surface area contributed by atoms with Gasteiger partial charge in [0, 0.05) is 43.5 Å². The molecular weight excluding hydrogens is 284 g/mol. The summed E-state index contributed by atoms with van der Waals surface area (Å²) in [4.78, 5) is 16.8. The minimum Gasteiger partial charge on any atom is -0.337 e. The van der Waals surface area contributed by atoms with Crippen LogP contribution in [-0.2, 0) is 0 Å². The van der Waals surface area contributed by atoms with Crippen LogP contribution in [0.15, 0.2) is 0 Å². The van der Waals surface area contributed by atoms with Crippen LogP contribution in [0.2, 0.25) is 0 Å². The second kappa shape index (κ2) is 8.25. The lowest BCUT2D eigenvalue weighted by Crippen LogP contribution is -2.56. The van der Waals surface area contributed by atoms with E-state index in [1.54, 1.807) is 0 Å². The Morgan fingerprint density at radius 1 is 1.24 bits per heavy atom. The van der Waals surface area contributed by atoms with Gasteiger partial charge in [0.25, 0.3) is 0 Å². The lowest BCUT2D eigenvalue weighted by Gasteiger charge is -2.38. The van der Waals surface area contributed by atoms with Crippen LogP contribution in [0, 0.1) is 0 Å². The molecule has 1 saturated heterocycles. The Kier molecular flexibility index (Phi) is 6.64. The van der Waals surface area contributed by atoms with Crippen molar-refractivity contribution in [2.75, 3.05) is 46.5 Å². The smallest absolute Gasteiger partial charge is 0.315 e. The maximum absolute atomic E-state index is 12.1. The number of nitrogens with zero attached hydrogens (tertiary/aromatic N) is 2. The number of urea groups is 1. The standard InChI is InChI=1S/C15H30N4OS/c1-18-8-9-19(2)12(11-18)10-16-15(20)17-13-6-4-5-7-14(13)21-3/h12-14H,4-11H2,1-3H3,(H2,16,17,20)/t12-,13+,14+/m0/s1. The highest BCUT2D eigenvalue weighted by Crippen LogP contribution is 2.26. The zero-order chi connectivity index (χ0) is 15.2. The quantitative estimate of drug-likeness (QED) is 0.819. The SMILES string of the molecule is CS[C@@H]1CCCC[C@H]1NC(=O)NC[C@H]1CN(C)CCN1C. The summed E-state index contributed by atoms with van der Waals surface area (Å²) in [6.45, 7) is 3.93. The van der Waals surface area contributed by atoms with Crippen LogP contribution in [0.1, 0.15) is 25.7 Å². The zero-order valence-corrected chi connectivity index (χ0v) is 14.4. The number of hydrogen-bond donors (Lipinski definition) is 2. The minimum atomic E-state index is 0.00239. The van der Waals surface area contributed by atoms with E-state index in [0.29, 0.717) is 17.3 Å². The van der Waals surface area contributed by atoms with Gasteiger partial charge < -0.3 is 15.5 Å². The zero-order valence-electron chi connectivity index (χ0n) is 13.6. The Balaban J connectivity index is 1.73. The third-order valence-corrected chi connectivity index (χ3v) is 5.97. The first-order valence-corrected chi connectivity index (χ1v) is 9.35. The van der Waals surface area contributed by atoms with E-state index in [9.17, 15) is 4.79 Å². The van der Waals surface area contributed by atoms with Gasteiger partial charge in [0.1, 0.15) is 0 Å². The van der Waals surface area contributed by atoms with E-state index in [-0.39, 0.29) is 6.03 Å². The van der Waals surface area contributed by atoms with E-state index in [1.165, 1.54) is 19.3 Å². The van der Waals surface area contributed by atoms with Crippen LogP contribution in [0.5, 0.6) is 0 Å². The van der Waals surface area contributed by atoms with E-state index in [1.807, 2.05) is 11.8 Å². The maximum Gasteiger partial charge on any atom is 0.315 e. The van der Waals surface area contributed by atoms with E-state index >= 15 is 0 Å². The molecule has 0 aromatic heterocycles. The highest BCUT2D eigenvalue weighted by molar-refractivity contribution is 7.99. The van der Waals surface area contributed by atoms with Gasteiger partial charge >= 0.3 is 6.03 Å². The van der Waals surface area contributed by atoms with Crippen LogP contribution in [0.25, 0.3) is 0 Å². The number of rotatable bonds is 4. The molecule has 122 valence electrons. The second-order valence-corrected chi connectivity index (χ2v) is 7.49. The average molecular weight is 314 g/mol. The molecule has 0 radical (unpaired) electrons. The lowest BCUT2D eigenvalue weighted by molar-refractivity contribution is 0.114. The molecule has 1 saturated carbocycles. The van der Waals surface area contributed by atoms with Gasteiger partial charge in [0.2, 0.25) is 0 Å². The molecule has 0 bridgehead atoms. The van der Waals surface area contributed by atoms with Gasteiger partial charge in [-0.2, -0.15) is 11.8 Å². The first kappa shape index (κ1) is 16.9. The summed E-state index contributed by atoms with van der Waals surface area (Å²) in [6, 6.07) is 0.750. The van der Waals surface area contributed by atoms with Crippen LogP contribution < -0.4 is 10.6 Å². The van der Waals surface area contributed by atoms with Gasteiger partial charge in [-0.15, -0.1) is 0 Å². The molecule has 1 aliphatic carbocycles. The highest BCUT2D eigenvalue weighted by atomic mass is 32.2. The van der Waals surface area contributed by atoms with Crippen molar-refractivity contribution in [1.29, 1.82) is 0 Å². The Morgan fingerprint density at radius 3 is 2.76 bits per heavy atom. The van der Waals surface area contributed by atoms with E-state index < -0.39 is 0 Å². The third-order valence-electron chi connectivity index (χ3n) is 4.80. The van der Waals surface area contributed by atoms with Crippen molar-refractivity contribution in [3.63, 3.8) is 0 Å². The number of hydrogen-bond acceptors (Lipinski definition) is 4. The number of likely N-dealkylation sites (N-methyl/N-ethyl adjacent to an activating group) is 2. The fourth-order valence-electron chi connectivity index (χ4n) is 3.30. The minimum absolute atomic E-state index is 0.00239. The number of carbonyl (C=O) groups is 1. The van der Waals surface area contributed by atoms with Crippen LogP contribution >= 0.6 is 11.8 Å². The molecule has 0 unspecified atom stereocenters. The van der Waals surface area contributed by atoms with Crippen LogP contribution in [0.4, 0.5) is 4.79 Å². The fourth-order valence-corrected chi connectivity index (χ4v) is 4.23. The summed E-state index contributed by atoms with van der Waals surface area (Å²) >= 11 is 1.89. The van der Waals surface area contributed by atoms with E-state index in [2.05, 4.69) is 40.8 Å². The molecule has 1 aliphatic heterocycles. The highest BCUT2D eigenvalue weighted by Gasteiger charge is 2.26. The number of thioether (sulfide) groups is 1. The van der Waals surface area contributed by atoms with Crippen molar-refractivity contribution in [1.82, 2.24) is 20.4 Å². The maximum atomic E-state index is 12.1. The molecule has 0 spiro atoms. The third kappa shape index (κ3) is 5.04. The Morgan fingerprint density at radius 2 is 2.00 bits per heavy atom. The normalized spacial score (nSPS) is 31.9. The van der Waals surface area contributed by atoms with Gasteiger partial charge in [-0.3, -0.25) is 4.90 Å². The van der Waals surface area contributed by atoms with E-state index in [0.717, 1.165) is 32.6 Å². The van der Waals surface area contributed by atoms with Crippen LogP contribution in [0.3, 0.4) is 0 Å². The van der Waals surface area contributed by atoms with Crippen molar-refractivity contribution in [2.45, 2.75) is 43.0 Å². The molecule has 3 atom stereocenters. The molecule has 2 rings (SSSR count). The number of carbonyl (C=O) groups excluding carboxylic acids is 1. The first-order valence-electron chi connectivity index (χ1n) is 8.06. The molecular formula is C15H30N4OS. The van der Waals surface area contributed by atoms with Gasteiger partial charge in [-0.05, 0) is 33.2 Å². The number of piperazine rings is 1. The predicted octanol–water partition coefficient (Wildman–Crippen LogP) is 1.21. The summed E-state index contributed by atoms with van der Waals surface area (Å²) in [6.07, 6.45) is 7.02. The Bertz CT molecular complexity index is 342. The van der Waals surface area contributed by atoms with Crippen molar-refractivity contribution in [3.8, 4) is 0 Å². The fraction of sp³-hybridized carbons (Fsp3) is 0.933. The molecule has 2 aliphatic rings. The molecule has 0 aromatic rings. The molecule has 1 heterocycles. The topological polar surface area (TPSA) is 47.6 Å². The van der Waals surface area contributed by atoms with Gasteiger partial charge in [0.05, 0.1) is 0 Å². The first-order chi connectivity index (χ1) is 10.1. The molecule has 21 heavy (non-hydrogen) atoms. The van der Waals surface area contributed by atoms with E-state index in [4.69, 9.17) is 0 Å². The Labute approximate surface area is 133 Å². The van der Waals surface area contributed by atoms with Gasteiger partial charge in [0.15, 0.2) is 0 Å². The summed E-state index contributed by atoms with van der Waals surface area (Å²) in [5.41, 5.74) is 0. The average Bonchev–Trinajstić information content (AvgIpc) is 2.49. The molecule has 2 N–H and O–H groups in total. The van der Waals surface area contributed by atoms with Crippen LogP contribution in [-0.4, -0.2) is 79.7 Å². The summed E-state index contributed by atoms with van der Waals surface area (Å²) in [5.74, 6) is 0. The van der Waals surface area contributed by atoms with Crippen molar-refractivity contribution >= 4 is 17.8 Å². The lowest BCUT2D eigenvalue weighted by atomic mass is 9.95.